The second-order valence-electron chi connectivity index (χ2n) is 15.9. The molecule has 5 heterocycles. The molecule has 3 aromatic carbocycles. The Balaban J connectivity index is 1.04. The van der Waals surface area contributed by atoms with Crippen molar-refractivity contribution in [3.63, 3.8) is 0 Å². The number of amides is 4. The lowest BCUT2D eigenvalue weighted by Crippen LogP contribution is -2.67. The lowest BCUT2D eigenvalue weighted by molar-refractivity contribution is -0.955. The van der Waals surface area contributed by atoms with E-state index in [0.717, 1.165) is 35.0 Å². The summed E-state index contributed by atoms with van der Waals surface area (Å²) in [4.78, 5) is 42.3. The summed E-state index contributed by atoms with van der Waals surface area (Å²) in [5, 5.41) is 3.05. The Hall–Kier alpha value is -4.37. The molecule has 8 rings (SSSR count). The van der Waals surface area contributed by atoms with Crippen molar-refractivity contribution in [3.8, 4) is 5.75 Å². The summed E-state index contributed by atoms with van der Waals surface area (Å²) >= 11 is 0. The number of nitrogens with zero attached hydrogens (tertiary/aromatic N) is 3. The zero-order valence-corrected chi connectivity index (χ0v) is 29.1. The summed E-state index contributed by atoms with van der Waals surface area (Å²) in [6.45, 7) is 12.5. The topological polar surface area (TPSA) is 105 Å². The van der Waals surface area contributed by atoms with E-state index in [9.17, 15) is 14.4 Å². The van der Waals surface area contributed by atoms with Crippen molar-refractivity contribution in [2.45, 2.75) is 77.6 Å². The zero-order valence-electron chi connectivity index (χ0n) is 29.1. The summed E-state index contributed by atoms with van der Waals surface area (Å²) in [6, 6.07) is 23.6. The van der Waals surface area contributed by atoms with Crippen LogP contribution in [0, 0.1) is 11.3 Å². The molecular formula is C40H50N5O4+. The van der Waals surface area contributed by atoms with E-state index in [1.165, 1.54) is 48.9 Å². The fourth-order valence-electron chi connectivity index (χ4n) is 8.59. The first-order chi connectivity index (χ1) is 23.4. The van der Waals surface area contributed by atoms with Gasteiger partial charge in [-0.15, -0.1) is 0 Å². The Kier molecular flexibility index (Phi) is 8.67. The highest BCUT2D eigenvalue weighted by Crippen LogP contribution is 2.57. The van der Waals surface area contributed by atoms with Crippen LogP contribution in [0.15, 0.2) is 72.8 Å². The normalized spacial score (nSPS) is 24.4. The number of hydrogen-bond donors (Lipinski definition) is 2. The smallest absolute Gasteiger partial charge is 0.317 e. The third-order valence-corrected chi connectivity index (χ3v) is 11.5. The maximum absolute atomic E-state index is 14.0. The Morgan fingerprint density at radius 3 is 2.04 bits per heavy atom. The molecule has 4 amide bonds. The Bertz CT molecular complexity index is 1670. The van der Waals surface area contributed by atoms with Crippen LogP contribution < -0.4 is 20.7 Å². The fraction of sp³-hybridized carbons (Fsp3) is 0.475. The average Bonchev–Trinajstić information content (AvgIpc) is 3.10. The van der Waals surface area contributed by atoms with Crippen LogP contribution in [0.2, 0.25) is 0 Å². The number of piperidine rings is 4. The van der Waals surface area contributed by atoms with Gasteiger partial charge in [0.15, 0.2) is 0 Å². The Morgan fingerprint density at radius 1 is 0.878 bits per heavy atom. The van der Waals surface area contributed by atoms with Crippen LogP contribution in [-0.4, -0.2) is 65.5 Å². The Morgan fingerprint density at radius 2 is 1.47 bits per heavy atom. The number of ether oxygens (including phenoxy) is 1. The van der Waals surface area contributed by atoms with Gasteiger partial charge in [-0.25, -0.2) is 4.79 Å². The number of urea groups is 1. The van der Waals surface area contributed by atoms with Crippen LogP contribution >= 0.6 is 0 Å². The molecule has 1 spiro atoms. The molecule has 0 aromatic heterocycles. The van der Waals surface area contributed by atoms with Gasteiger partial charge in [-0.3, -0.25) is 9.59 Å². The number of hydrogen-bond acceptors (Lipinski definition) is 4. The standard InChI is InChI=1S/C40H49N5O4/c1-39(2,3)42-38(48)43-21-19-40(20-22-43)35(44(37(40)47)33-12-8-32(9-13-33)36(41)46)31-10-14-34(15-11-31)49-27-30-6-4-29(5-7-30)26-45-23-16-28(17-24-45)18-25-45/h4-15,28,35H,16-27H2,1-3H3,(H2-,41,42,46,48)/p+1. The summed E-state index contributed by atoms with van der Waals surface area (Å²) in [5.74, 6) is 1.27. The van der Waals surface area contributed by atoms with Crippen LogP contribution in [0.5, 0.6) is 5.75 Å². The maximum Gasteiger partial charge on any atom is 0.317 e. The molecule has 5 saturated heterocycles. The number of β-lactam (4-membered cyclic amide) rings is 1. The van der Waals surface area contributed by atoms with Gasteiger partial charge in [-0.1, -0.05) is 36.4 Å². The maximum atomic E-state index is 14.0. The number of anilines is 1. The van der Waals surface area contributed by atoms with Gasteiger partial charge in [-0.2, -0.15) is 0 Å². The number of carbonyl (C=O) groups excluding carboxylic acids is 3. The summed E-state index contributed by atoms with van der Waals surface area (Å²) in [6.07, 6.45) is 5.30. The number of benzene rings is 3. The summed E-state index contributed by atoms with van der Waals surface area (Å²) < 4.78 is 7.48. The van der Waals surface area contributed by atoms with Crippen molar-refractivity contribution in [2.75, 3.05) is 37.6 Å². The fourth-order valence-corrected chi connectivity index (χ4v) is 8.59. The first-order valence-corrected chi connectivity index (χ1v) is 17.9. The molecule has 5 aliphatic rings. The predicted octanol–water partition coefficient (Wildman–Crippen LogP) is 6.17. The van der Waals surface area contributed by atoms with Crippen LogP contribution in [-0.2, 0) is 17.9 Å². The molecule has 1 atom stereocenters. The second-order valence-corrected chi connectivity index (χ2v) is 15.9. The van der Waals surface area contributed by atoms with Crippen molar-refractivity contribution < 1.29 is 23.6 Å². The van der Waals surface area contributed by atoms with Crippen LogP contribution in [0.3, 0.4) is 0 Å². The van der Waals surface area contributed by atoms with Crippen molar-refractivity contribution >= 4 is 23.5 Å². The number of primary amides is 1. The average molecular weight is 665 g/mol. The molecule has 49 heavy (non-hydrogen) atoms. The second kappa shape index (κ2) is 12.8. The number of carbonyl (C=O) groups is 3. The summed E-state index contributed by atoms with van der Waals surface area (Å²) in [7, 11) is 0. The third kappa shape index (κ3) is 6.65. The Labute approximate surface area is 290 Å². The van der Waals surface area contributed by atoms with Crippen LogP contribution in [0.25, 0.3) is 0 Å². The van der Waals surface area contributed by atoms with E-state index >= 15 is 0 Å². The lowest BCUT2D eigenvalue weighted by atomic mass is 9.62. The molecule has 0 radical (unpaired) electrons. The number of rotatable bonds is 8. The summed E-state index contributed by atoms with van der Waals surface area (Å²) in [5.41, 5.74) is 9.19. The SMILES string of the molecule is CC(C)(C)NC(=O)N1CCC2(CC1)C(=O)N(c1ccc(C(N)=O)cc1)C2c1ccc(OCc2ccc(C[N+]34CCC(CC3)CC4)cc2)cc1. The zero-order chi connectivity index (χ0) is 34.4. The van der Waals surface area contributed by atoms with Gasteiger partial charge in [0.2, 0.25) is 11.8 Å². The molecule has 5 fully saturated rings. The minimum absolute atomic E-state index is 0.0403. The molecule has 258 valence electrons. The molecule has 3 N–H and O–H groups in total. The van der Waals surface area contributed by atoms with E-state index in [1.807, 2.05) is 42.7 Å². The van der Waals surface area contributed by atoms with Crippen molar-refractivity contribution in [2.24, 2.45) is 17.1 Å². The highest BCUT2D eigenvalue weighted by Gasteiger charge is 2.62. The monoisotopic (exact) mass is 664 g/mol. The highest BCUT2D eigenvalue weighted by atomic mass is 16.5. The first-order valence-electron chi connectivity index (χ1n) is 17.9. The number of likely N-dealkylation sites (tertiary alicyclic amines) is 1. The molecule has 3 aromatic rings. The predicted molar refractivity (Wildman–Crippen MR) is 190 cm³/mol. The van der Waals surface area contributed by atoms with E-state index < -0.39 is 11.3 Å². The highest BCUT2D eigenvalue weighted by molar-refractivity contribution is 6.07. The largest absolute Gasteiger partial charge is 0.489 e. The molecule has 9 heteroatoms. The van der Waals surface area contributed by atoms with E-state index in [1.54, 1.807) is 24.3 Å². The van der Waals surface area contributed by atoms with Gasteiger partial charge in [0.1, 0.15) is 18.9 Å². The van der Waals surface area contributed by atoms with E-state index in [-0.39, 0.29) is 23.5 Å². The van der Waals surface area contributed by atoms with Crippen LogP contribution in [0.1, 0.15) is 86.0 Å². The van der Waals surface area contributed by atoms with E-state index in [2.05, 4.69) is 41.7 Å². The van der Waals surface area contributed by atoms with E-state index in [4.69, 9.17) is 10.5 Å². The van der Waals surface area contributed by atoms with Crippen molar-refractivity contribution in [1.82, 2.24) is 10.2 Å². The first kappa shape index (κ1) is 33.1. The van der Waals surface area contributed by atoms with Gasteiger partial charge >= 0.3 is 6.03 Å². The molecule has 0 saturated carbocycles. The van der Waals surface area contributed by atoms with Gasteiger partial charge in [0.25, 0.3) is 0 Å². The molecule has 5 aliphatic heterocycles. The van der Waals surface area contributed by atoms with E-state index in [0.29, 0.717) is 38.1 Å². The lowest BCUT2D eigenvalue weighted by Gasteiger charge is -2.59. The van der Waals surface area contributed by atoms with Gasteiger partial charge in [0, 0.05) is 35.4 Å². The van der Waals surface area contributed by atoms with Crippen LogP contribution in [0.4, 0.5) is 10.5 Å². The minimum Gasteiger partial charge on any atom is -0.489 e. The third-order valence-electron chi connectivity index (χ3n) is 11.5. The number of quaternary nitrogens is 1. The molecule has 2 bridgehead atoms. The molecule has 9 nitrogen and oxygen atoms in total. The molecule has 0 aliphatic carbocycles. The quantitative estimate of drug-likeness (QED) is 0.222. The van der Waals surface area contributed by atoms with Crippen molar-refractivity contribution in [1.29, 1.82) is 0 Å². The minimum atomic E-state index is -0.625. The molecular weight excluding hydrogens is 614 g/mol. The van der Waals surface area contributed by atoms with Gasteiger partial charge < -0.3 is 30.1 Å². The number of nitrogens with one attached hydrogen (secondary N) is 1. The van der Waals surface area contributed by atoms with Crippen molar-refractivity contribution in [3.05, 3.63) is 95.1 Å². The molecule has 1 unspecified atom stereocenters. The van der Waals surface area contributed by atoms with Gasteiger partial charge in [-0.05, 0) is 106 Å². The number of fused-ring (bicyclic) bond motifs is 3. The number of nitrogens with two attached hydrogens (primary N) is 1. The van der Waals surface area contributed by atoms with Gasteiger partial charge in [0.05, 0.1) is 31.1 Å².